The number of hydrogen-bond acceptors (Lipinski definition) is 5. The van der Waals surface area contributed by atoms with Gasteiger partial charge < -0.3 is 4.90 Å². The molecule has 7 nitrogen and oxygen atoms in total. The number of piperazine rings is 1. The Morgan fingerprint density at radius 1 is 1.26 bits per heavy atom. The van der Waals surface area contributed by atoms with E-state index in [1.807, 2.05) is 0 Å². The molecule has 0 radical (unpaired) electrons. The lowest BCUT2D eigenvalue weighted by Crippen LogP contribution is -2.50. The summed E-state index contributed by atoms with van der Waals surface area (Å²) in [6.45, 7) is 3.68. The van der Waals surface area contributed by atoms with Crippen LogP contribution in [0.4, 0.5) is 5.69 Å². The maximum atomic E-state index is 10.9. The van der Waals surface area contributed by atoms with Gasteiger partial charge in [0, 0.05) is 43.7 Å². The second kappa shape index (κ2) is 4.51. The second-order valence-corrected chi connectivity index (χ2v) is 4.79. The van der Waals surface area contributed by atoms with Crippen molar-refractivity contribution < 1.29 is 4.92 Å². The summed E-state index contributed by atoms with van der Waals surface area (Å²) in [5.74, 6) is 0. The summed E-state index contributed by atoms with van der Waals surface area (Å²) in [4.78, 5) is 14.5. The molecule has 1 aromatic carbocycles. The van der Waals surface area contributed by atoms with E-state index in [0.29, 0.717) is 0 Å². The fraction of sp³-hybridized carbons (Fsp3) is 0.417. The quantitative estimate of drug-likeness (QED) is 0.591. The molecule has 0 amide bonds. The highest BCUT2D eigenvalue weighted by Crippen LogP contribution is 2.21. The normalized spacial score (nSPS) is 17.0. The van der Waals surface area contributed by atoms with Crippen LogP contribution in [0.5, 0.6) is 0 Å². The largest absolute Gasteiger partial charge is 0.303 e. The Labute approximate surface area is 110 Å². The van der Waals surface area contributed by atoms with Crippen LogP contribution in [-0.2, 0) is 0 Å². The predicted octanol–water partition coefficient (Wildman–Crippen LogP) is 0.828. The Bertz CT molecular complexity index is 616. The van der Waals surface area contributed by atoms with E-state index in [4.69, 9.17) is 0 Å². The van der Waals surface area contributed by atoms with Crippen LogP contribution in [0.3, 0.4) is 0 Å². The summed E-state index contributed by atoms with van der Waals surface area (Å²) in [6.07, 6.45) is 1.75. The average molecular weight is 261 g/mol. The number of aromatic nitrogens is 2. The third-order valence-electron chi connectivity index (χ3n) is 3.49. The molecule has 0 atom stereocenters. The third kappa shape index (κ3) is 2.12. The molecule has 1 aliphatic heterocycles. The van der Waals surface area contributed by atoms with E-state index in [0.717, 1.165) is 37.1 Å². The first-order valence-electron chi connectivity index (χ1n) is 6.21. The SMILES string of the molecule is CN1CCN(n2ncc3ccc([N+](=O)[O-])cc32)CC1. The molecule has 0 unspecified atom stereocenters. The Balaban J connectivity index is 1.99. The number of benzene rings is 1. The molecule has 1 saturated heterocycles. The zero-order chi connectivity index (χ0) is 13.4. The number of fused-ring (bicyclic) bond motifs is 1. The summed E-state index contributed by atoms with van der Waals surface area (Å²) in [6, 6.07) is 4.84. The van der Waals surface area contributed by atoms with Gasteiger partial charge in [-0.3, -0.25) is 15.1 Å². The van der Waals surface area contributed by atoms with Crippen molar-refractivity contribution >= 4 is 16.6 Å². The van der Waals surface area contributed by atoms with Gasteiger partial charge in [0.1, 0.15) is 0 Å². The minimum atomic E-state index is -0.374. The maximum absolute atomic E-state index is 10.9. The molecule has 7 heteroatoms. The fourth-order valence-electron chi connectivity index (χ4n) is 2.32. The number of non-ortho nitro benzene ring substituents is 1. The number of hydrogen-bond donors (Lipinski definition) is 0. The van der Waals surface area contributed by atoms with E-state index in [9.17, 15) is 10.1 Å². The number of likely N-dealkylation sites (N-methyl/N-ethyl adjacent to an activating group) is 1. The highest BCUT2D eigenvalue weighted by molar-refractivity contribution is 5.81. The van der Waals surface area contributed by atoms with E-state index in [2.05, 4.69) is 22.1 Å². The highest BCUT2D eigenvalue weighted by atomic mass is 16.6. The van der Waals surface area contributed by atoms with Gasteiger partial charge in [-0.05, 0) is 13.1 Å². The van der Waals surface area contributed by atoms with Gasteiger partial charge in [0.2, 0.25) is 0 Å². The third-order valence-corrected chi connectivity index (χ3v) is 3.49. The van der Waals surface area contributed by atoms with Gasteiger partial charge in [-0.25, -0.2) is 0 Å². The molecule has 1 aliphatic rings. The van der Waals surface area contributed by atoms with Crippen molar-refractivity contribution in [2.75, 3.05) is 38.2 Å². The van der Waals surface area contributed by atoms with Crippen LogP contribution in [-0.4, -0.2) is 52.9 Å². The van der Waals surface area contributed by atoms with Crippen molar-refractivity contribution in [1.29, 1.82) is 0 Å². The molecule has 1 aromatic heterocycles. The minimum Gasteiger partial charge on any atom is -0.303 e. The standard InChI is InChI=1S/C12H15N5O2/c1-14-4-6-15(7-5-14)16-12-8-11(17(18)19)3-2-10(12)9-13-16/h2-3,8-9H,4-7H2,1H3. The van der Waals surface area contributed by atoms with E-state index in [-0.39, 0.29) is 10.6 Å². The zero-order valence-corrected chi connectivity index (χ0v) is 10.7. The topological polar surface area (TPSA) is 67.4 Å². The molecule has 0 bridgehead atoms. The first-order chi connectivity index (χ1) is 9.15. The Kier molecular flexibility index (Phi) is 2.83. The molecule has 0 saturated carbocycles. The average Bonchev–Trinajstić information content (AvgIpc) is 2.82. The van der Waals surface area contributed by atoms with Crippen molar-refractivity contribution in [3.05, 3.63) is 34.5 Å². The summed E-state index contributed by atoms with van der Waals surface area (Å²) in [5, 5.41) is 18.2. The van der Waals surface area contributed by atoms with Crippen LogP contribution < -0.4 is 5.01 Å². The van der Waals surface area contributed by atoms with Gasteiger partial charge in [-0.2, -0.15) is 9.89 Å². The maximum Gasteiger partial charge on any atom is 0.271 e. The Morgan fingerprint density at radius 2 is 2.00 bits per heavy atom. The summed E-state index contributed by atoms with van der Waals surface area (Å²) < 4.78 is 0. The van der Waals surface area contributed by atoms with Crippen LogP contribution in [0, 0.1) is 10.1 Å². The minimum absolute atomic E-state index is 0.100. The van der Waals surface area contributed by atoms with Crippen LogP contribution in [0.2, 0.25) is 0 Å². The monoisotopic (exact) mass is 261 g/mol. The lowest BCUT2D eigenvalue weighted by Gasteiger charge is -2.33. The Hall–Kier alpha value is -2.15. The van der Waals surface area contributed by atoms with E-state index in [1.165, 1.54) is 6.07 Å². The molecule has 2 aromatic rings. The van der Waals surface area contributed by atoms with Gasteiger partial charge in [0.25, 0.3) is 5.69 Å². The van der Waals surface area contributed by atoms with Gasteiger partial charge >= 0.3 is 0 Å². The van der Waals surface area contributed by atoms with Crippen molar-refractivity contribution in [1.82, 2.24) is 14.8 Å². The number of nitrogens with zero attached hydrogens (tertiary/aromatic N) is 5. The summed E-state index contributed by atoms with van der Waals surface area (Å²) in [7, 11) is 2.09. The lowest BCUT2D eigenvalue weighted by molar-refractivity contribution is -0.384. The van der Waals surface area contributed by atoms with Crippen LogP contribution >= 0.6 is 0 Å². The lowest BCUT2D eigenvalue weighted by atomic mass is 10.2. The van der Waals surface area contributed by atoms with Crippen molar-refractivity contribution in [3.63, 3.8) is 0 Å². The van der Waals surface area contributed by atoms with Gasteiger partial charge in [-0.15, -0.1) is 0 Å². The zero-order valence-electron chi connectivity index (χ0n) is 10.7. The van der Waals surface area contributed by atoms with Crippen LogP contribution in [0.25, 0.3) is 10.9 Å². The first-order valence-corrected chi connectivity index (χ1v) is 6.21. The summed E-state index contributed by atoms with van der Waals surface area (Å²) in [5.41, 5.74) is 0.891. The molecule has 1 fully saturated rings. The van der Waals surface area contributed by atoms with Gasteiger partial charge in [0.05, 0.1) is 16.6 Å². The second-order valence-electron chi connectivity index (χ2n) is 4.79. The van der Waals surface area contributed by atoms with Crippen molar-refractivity contribution in [2.24, 2.45) is 0 Å². The van der Waals surface area contributed by atoms with Crippen LogP contribution in [0.15, 0.2) is 24.4 Å². The first kappa shape index (κ1) is 11.9. The smallest absolute Gasteiger partial charge is 0.271 e. The molecule has 100 valence electrons. The molecular weight excluding hydrogens is 246 g/mol. The van der Waals surface area contributed by atoms with Crippen LogP contribution in [0.1, 0.15) is 0 Å². The number of nitro groups is 1. The van der Waals surface area contributed by atoms with Crippen molar-refractivity contribution in [3.8, 4) is 0 Å². The van der Waals surface area contributed by atoms with Crippen molar-refractivity contribution in [2.45, 2.75) is 0 Å². The molecule has 0 N–H and O–H groups in total. The molecule has 3 rings (SSSR count). The molecule has 0 spiro atoms. The molecule has 19 heavy (non-hydrogen) atoms. The number of nitro benzene ring substituents is 1. The molecular formula is C12H15N5O2. The summed E-state index contributed by atoms with van der Waals surface area (Å²) >= 11 is 0. The molecule has 0 aliphatic carbocycles. The predicted molar refractivity (Wildman–Crippen MR) is 71.8 cm³/mol. The van der Waals surface area contributed by atoms with E-state index < -0.39 is 0 Å². The van der Waals surface area contributed by atoms with E-state index >= 15 is 0 Å². The fourth-order valence-corrected chi connectivity index (χ4v) is 2.32. The number of rotatable bonds is 2. The van der Waals surface area contributed by atoms with Gasteiger partial charge in [-0.1, -0.05) is 0 Å². The van der Waals surface area contributed by atoms with Gasteiger partial charge in [0.15, 0.2) is 0 Å². The van der Waals surface area contributed by atoms with E-state index in [1.54, 1.807) is 23.1 Å². The molecule has 2 heterocycles. The highest BCUT2D eigenvalue weighted by Gasteiger charge is 2.18. The Morgan fingerprint density at radius 3 is 2.68 bits per heavy atom.